The second-order valence-electron chi connectivity index (χ2n) is 7.96. The van der Waals surface area contributed by atoms with Crippen LogP contribution in [0.5, 0.6) is 0 Å². The number of piperidine rings is 1. The Bertz CT molecular complexity index is 561. The molecular formula is C19H31N3O3. The first kappa shape index (κ1) is 17.5. The highest BCUT2D eigenvalue weighted by atomic mass is 16.5. The molecule has 6 heteroatoms. The molecule has 3 aliphatic rings. The SMILES string of the molecule is Cc1noc(C)c1CN1CCCC2(C1)CN(C1CCOCC1)CCO2. The zero-order valence-electron chi connectivity index (χ0n) is 15.6. The van der Waals surface area contributed by atoms with Gasteiger partial charge in [-0.25, -0.2) is 0 Å². The smallest absolute Gasteiger partial charge is 0.138 e. The molecule has 1 spiro atoms. The minimum Gasteiger partial charge on any atom is -0.381 e. The molecule has 0 saturated carbocycles. The summed E-state index contributed by atoms with van der Waals surface area (Å²) >= 11 is 0. The third-order valence-corrected chi connectivity index (χ3v) is 6.17. The fourth-order valence-electron chi connectivity index (χ4n) is 4.76. The summed E-state index contributed by atoms with van der Waals surface area (Å²) in [6, 6.07) is 0.674. The molecule has 6 nitrogen and oxygen atoms in total. The summed E-state index contributed by atoms with van der Waals surface area (Å²) in [4.78, 5) is 5.20. The highest BCUT2D eigenvalue weighted by molar-refractivity contribution is 5.20. The van der Waals surface area contributed by atoms with Gasteiger partial charge in [0.05, 0.1) is 17.9 Å². The molecule has 4 rings (SSSR count). The molecule has 25 heavy (non-hydrogen) atoms. The fourth-order valence-corrected chi connectivity index (χ4v) is 4.76. The van der Waals surface area contributed by atoms with E-state index in [4.69, 9.17) is 14.0 Å². The molecule has 1 atom stereocenters. The molecule has 0 radical (unpaired) electrons. The number of morpholine rings is 1. The Kier molecular flexibility index (Phi) is 5.13. The van der Waals surface area contributed by atoms with Gasteiger partial charge in [-0.05, 0) is 46.1 Å². The quantitative estimate of drug-likeness (QED) is 0.833. The fraction of sp³-hybridized carbons (Fsp3) is 0.842. The summed E-state index contributed by atoms with van der Waals surface area (Å²) in [6.07, 6.45) is 4.70. The van der Waals surface area contributed by atoms with Crippen LogP contribution in [0, 0.1) is 13.8 Å². The first-order valence-corrected chi connectivity index (χ1v) is 9.75. The molecule has 0 aromatic carbocycles. The largest absolute Gasteiger partial charge is 0.381 e. The summed E-state index contributed by atoms with van der Waals surface area (Å²) in [5, 5.41) is 4.11. The van der Waals surface area contributed by atoms with Crippen LogP contribution in [-0.2, 0) is 16.0 Å². The maximum Gasteiger partial charge on any atom is 0.138 e. The molecule has 1 unspecified atom stereocenters. The van der Waals surface area contributed by atoms with E-state index in [0.29, 0.717) is 6.04 Å². The van der Waals surface area contributed by atoms with E-state index in [2.05, 4.69) is 15.0 Å². The standard InChI is InChI=1S/C19H31N3O3/c1-15-18(16(2)25-20-15)12-21-7-3-6-19(13-21)14-22(8-11-24-19)17-4-9-23-10-5-17/h17H,3-14H2,1-2H3. The van der Waals surface area contributed by atoms with Gasteiger partial charge >= 0.3 is 0 Å². The van der Waals surface area contributed by atoms with Gasteiger partial charge in [-0.1, -0.05) is 5.16 Å². The molecule has 3 aliphatic heterocycles. The molecule has 0 aliphatic carbocycles. The molecule has 140 valence electrons. The van der Waals surface area contributed by atoms with Crippen molar-refractivity contribution in [2.45, 2.75) is 57.7 Å². The van der Waals surface area contributed by atoms with Gasteiger partial charge in [0.1, 0.15) is 5.76 Å². The summed E-state index contributed by atoms with van der Waals surface area (Å²) in [5.41, 5.74) is 2.26. The predicted octanol–water partition coefficient (Wildman–Crippen LogP) is 2.14. The summed E-state index contributed by atoms with van der Waals surface area (Å²) in [7, 11) is 0. The van der Waals surface area contributed by atoms with Gasteiger partial charge in [0.2, 0.25) is 0 Å². The molecular weight excluding hydrogens is 318 g/mol. The van der Waals surface area contributed by atoms with E-state index in [1.165, 1.54) is 31.2 Å². The van der Waals surface area contributed by atoms with Crippen molar-refractivity contribution in [1.29, 1.82) is 0 Å². The number of hydrogen-bond donors (Lipinski definition) is 0. The average molecular weight is 349 g/mol. The minimum atomic E-state index is -0.00617. The number of nitrogens with zero attached hydrogens (tertiary/aromatic N) is 3. The van der Waals surface area contributed by atoms with Gasteiger partial charge in [0.15, 0.2) is 0 Å². The van der Waals surface area contributed by atoms with E-state index in [9.17, 15) is 0 Å². The predicted molar refractivity (Wildman–Crippen MR) is 94.6 cm³/mol. The normalized spacial score (nSPS) is 30.2. The molecule has 3 saturated heterocycles. The number of hydrogen-bond acceptors (Lipinski definition) is 6. The third-order valence-electron chi connectivity index (χ3n) is 6.17. The van der Waals surface area contributed by atoms with E-state index < -0.39 is 0 Å². The lowest BCUT2D eigenvalue weighted by molar-refractivity contribution is -0.153. The molecule has 0 N–H and O–H groups in total. The van der Waals surface area contributed by atoms with Gasteiger partial charge in [-0.3, -0.25) is 9.80 Å². The third kappa shape index (κ3) is 3.77. The second kappa shape index (κ2) is 7.35. The zero-order valence-corrected chi connectivity index (χ0v) is 15.6. The van der Waals surface area contributed by atoms with Crippen LogP contribution >= 0.6 is 0 Å². The van der Waals surface area contributed by atoms with Crippen LogP contribution in [0.1, 0.15) is 42.7 Å². The maximum absolute atomic E-state index is 6.38. The number of ether oxygens (including phenoxy) is 2. The van der Waals surface area contributed by atoms with Crippen LogP contribution < -0.4 is 0 Å². The molecule has 1 aromatic heterocycles. The van der Waals surface area contributed by atoms with Gasteiger partial charge < -0.3 is 14.0 Å². The van der Waals surface area contributed by atoms with Crippen molar-refractivity contribution in [3.63, 3.8) is 0 Å². The van der Waals surface area contributed by atoms with Crippen LogP contribution in [0.4, 0.5) is 0 Å². The van der Waals surface area contributed by atoms with Crippen LogP contribution in [0.3, 0.4) is 0 Å². The van der Waals surface area contributed by atoms with Crippen molar-refractivity contribution in [3.8, 4) is 0 Å². The second-order valence-corrected chi connectivity index (χ2v) is 7.96. The molecule has 0 amide bonds. The Balaban J connectivity index is 1.42. The van der Waals surface area contributed by atoms with Crippen LogP contribution in [-0.4, -0.2) is 72.6 Å². The van der Waals surface area contributed by atoms with E-state index in [1.807, 2.05) is 13.8 Å². The summed E-state index contributed by atoms with van der Waals surface area (Å²) < 4.78 is 17.3. The molecule has 4 heterocycles. The first-order chi connectivity index (χ1) is 12.2. The summed E-state index contributed by atoms with van der Waals surface area (Å²) in [6.45, 7) is 11.9. The van der Waals surface area contributed by atoms with Crippen molar-refractivity contribution >= 4 is 0 Å². The van der Waals surface area contributed by atoms with Gasteiger partial charge in [-0.15, -0.1) is 0 Å². The molecule has 3 fully saturated rings. The first-order valence-electron chi connectivity index (χ1n) is 9.75. The van der Waals surface area contributed by atoms with Crippen molar-refractivity contribution < 1.29 is 14.0 Å². The van der Waals surface area contributed by atoms with E-state index in [-0.39, 0.29) is 5.60 Å². The van der Waals surface area contributed by atoms with Crippen molar-refractivity contribution in [1.82, 2.24) is 15.0 Å². The lowest BCUT2D eigenvalue weighted by atomic mass is 9.89. The lowest BCUT2D eigenvalue weighted by Gasteiger charge is -2.50. The van der Waals surface area contributed by atoms with Crippen LogP contribution in [0.25, 0.3) is 0 Å². The topological polar surface area (TPSA) is 51.0 Å². The summed E-state index contributed by atoms with van der Waals surface area (Å²) in [5.74, 6) is 0.950. The Labute approximate surface area is 150 Å². The average Bonchev–Trinajstić information content (AvgIpc) is 2.95. The Morgan fingerprint density at radius 3 is 2.72 bits per heavy atom. The van der Waals surface area contributed by atoms with E-state index >= 15 is 0 Å². The Hall–Kier alpha value is -0.950. The van der Waals surface area contributed by atoms with Crippen LogP contribution in [0.2, 0.25) is 0 Å². The van der Waals surface area contributed by atoms with Crippen LogP contribution in [0.15, 0.2) is 4.52 Å². The van der Waals surface area contributed by atoms with Crippen molar-refractivity contribution in [3.05, 3.63) is 17.0 Å². The monoisotopic (exact) mass is 349 g/mol. The van der Waals surface area contributed by atoms with Gasteiger partial charge in [0, 0.05) is 51.0 Å². The number of aryl methyl sites for hydroxylation is 2. The lowest BCUT2D eigenvalue weighted by Crippen LogP contribution is -2.61. The highest BCUT2D eigenvalue weighted by Gasteiger charge is 2.42. The van der Waals surface area contributed by atoms with Crippen molar-refractivity contribution in [2.75, 3.05) is 46.0 Å². The Morgan fingerprint density at radius 2 is 1.96 bits per heavy atom. The molecule has 0 bridgehead atoms. The van der Waals surface area contributed by atoms with Gasteiger partial charge in [0.25, 0.3) is 0 Å². The minimum absolute atomic E-state index is 0.00617. The van der Waals surface area contributed by atoms with E-state index in [0.717, 1.165) is 64.0 Å². The number of rotatable bonds is 3. The highest BCUT2D eigenvalue weighted by Crippen LogP contribution is 2.32. The zero-order chi connectivity index (χ0) is 17.3. The number of aromatic nitrogens is 1. The van der Waals surface area contributed by atoms with E-state index in [1.54, 1.807) is 0 Å². The van der Waals surface area contributed by atoms with Crippen molar-refractivity contribution in [2.24, 2.45) is 0 Å². The number of likely N-dealkylation sites (tertiary alicyclic amines) is 1. The maximum atomic E-state index is 6.38. The Morgan fingerprint density at radius 1 is 1.12 bits per heavy atom. The molecule has 1 aromatic rings. The van der Waals surface area contributed by atoms with Gasteiger partial charge in [-0.2, -0.15) is 0 Å².